The lowest BCUT2D eigenvalue weighted by Gasteiger charge is -2.19. The van der Waals surface area contributed by atoms with E-state index in [1.54, 1.807) is 31.3 Å². The van der Waals surface area contributed by atoms with Gasteiger partial charge in [-0.25, -0.2) is 8.42 Å². The maximum Gasteiger partial charge on any atom is 0.234 e. The molecule has 1 aromatic rings. The zero-order valence-electron chi connectivity index (χ0n) is 10.6. The molecule has 1 rings (SSSR count). The molecule has 2 N–H and O–H groups in total. The molecule has 0 atom stereocenters. The normalized spacial score (nSPS) is 11.2. The molecule has 0 radical (unpaired) electrons. The molecule has 0 aliphatic carbocycles. The third-order valence-corrected chi connectivity index (χ3v) is 4.75. The second-order valence-corrected chi connectivity index (χ2v) is 6.61. The van der Waals surface area contributed by atoms with Crippen molar-refractivity contribution in [3.8, 4) is 0 Å². The van der Waals surface area contributed by atoms with Crippen LogP contribution in [0.15, 0.2) is 24.3 Å². The van der Waals surface area contributed by atoms with Crippen molar-refractivity contribution >= 4 is 32.9 Å². The average Bonchev–Trinajstić information content (AvgIpc) is 2.35. The Morgan fingerprint density at radius 2 is 2.11 bits per heavy atom. The maximum atomic E-state index is 12.0. The van der Waals surface area contributed by atoms with E-state index in [4.69, 9.17) is 18.0 Å². The largest absolute Gasteiger partial charge is 0.389 e. The Bertz CT molecular complexity index is 527. The summed E-state index contributed by atoms with van der Waals surface area (Å²) in [6, 6.07) is 6.92. The quantitative estimate of drug-likeness (QED) is 0.811. The van der Waals surface area contributed by atoms with Crippen LogP contribution in [0.1, 0.15) is 25.3 Å². The zero-order valence-corrected chi connectivity index (χ0v) is 12.2. The fraction of sp³-hybridized carbons (Fsp3) is 0.417. The van der Waals surface area contributed by atoms with Gasteiger partial charge in [0.05, 0.1) is 11.4 Å². The molecular formula is C12H18N2O2S2. The van der Waals surface area contributed by atoms with Gasteiger partial charge in [-0.1, -0.05) is 37.7 Å². The van der Waals surface area contributed by atoms with Crippen molar-refractivity contribution < 1.29 is 8.42 Å². The van der Waals surface area contributed by atoms with E-state index in [1.165, 1.54) is 4.31 Å². The van der Waals surface area contributed by atoms with E-state index < -0.39 is 10.0 Å². The van der Waals surface area contributed by atoms with Gasteiger partial charge in [-0.15, -0.1) is 0 Å². The summed E-state index contributed by atoms with van der Waals surface area (Å²) in [5, 5.41) is 0. The monoisotopic (exact) mass is 286 g/mol. The van der Waals surface area contributed by atoms with Gasteiger partial charge >= 0.3 is 0 Å². The lowest BCUT2D eigenvalue weighted by molar-refractivity contribution is 0.591. The van der Waals surface area contributed by atoms with Crippen molar-refractivity contribution in [2.24, 2.45) is 5.73 Å². The second-order valence-electron chi connectivity index (χ2n) is 4.05. The van der Waals surface area contributed by atoms with E-state index in [-0.39, 0.29) is 10.7 Å². The summed E-state index contributed by atoms with van der Waals surface area (Å²) in [4.78, 5) is 0.260. The SMILES string of the molecule is CCCCS(=O)(=O)N(C)c1cccc(C(N)=S)c1. The van der Waals surface area contributed by atoms with E-state index >= 15 is 0 Å². The first-order valence-electron chi connectivity index (χ1n) is 5.75. The molecule has 0 aliphatic rings. The first-order chi connectivity index (χ1) is 8.38. The number of hydrogen-bond donors (Lipinski definition) is 1. The van der Waals surface area contributed by atoms with Gasteiger partial charge in [0.1, 0.15) is 4.99 Å². The highest BCUT2D eigenvalue weighted by atomic mass is 32.2. The van der Waals surface area contributed by atoms with Gasteiger partial charge in [-0.2, -0.15) is 0 Å². The highest BCUT2D eigenvalue weighted by Gasteiger charge is 2.17. The molecule has 6 heteroatoms. The number of benzene rings is 1. The predicted octanol–water partition coefficient (Wildman–Crippen LogP) is 1.89. The molecule has 0 heterocycles. The Balaban J connectivity index is 3.00. The number of rotatable bonds is 6. The summed E-state index contributed by atoms with van der Waals surface area (Å²) >= 11 is 4.88. The minimum absolute atomic E-state index is 0.150. The summed E-state index contributed by atoms with van der Waals surface area (Å²) < 4.78 is 25.3. The van der Waals surface area contributed by atoms with E-state index in [9.17, 15) is 8.42 Å². The summed E-state index contributed by atoms with van der Waals surface area (Å²) in [6.07, 6.45) is 1.50. The summed E-state index contributed by atoms with van der Waals surface area (Å²) in [7, 11) is -1.72. The van der Waals surface area contributed by atoms with Gasteiger partial charge in [0.25, 0.3) is 0 Å². The first kappa shape index (κ1) is 14.9. The molecule has 0 saturated carbocycles. The molecule has 0 unspecified atom stereocenters. The second kappa shape index (κ2) is 6.15. The summed E-state index contributed by atoms with van der Waals surface area (Å²) in [5.74, 6) is 0.150. The topological polar surface area (TPSA) is 63.4 Å². The fourth-order valence-corrected chi connectivity index (χ4v) is 2.97. The van der Waals surface area contributed by atoms with Gasteiger partial charge in [0.15, 0.2) is 0 Å². The van der Waals surface area contributed by atoms with Gasteiger partial charge in [0.2, 0.25) is 10.0 Å². The minimum atomic E-state index is -3.27. The molecule has 4 nitrogen and oxygen atoms in total. The first-order valence-corrected chi connectivity index (χ1v) is 7.76. The number of nitrogens with zero attached hydrogens (tertiary/aromatic N) is 1. The van der Waals surface area contributed by atoms with Crippen LogP contribution in [0.25, 0.3) is 0 Å². The maximum absolute atomic E-state index is 12.0. The Morgan fingerprint density at radius 3 is 2.67 bits per heavy atom. The van der Waals surface area contributed by atoms with E-state index in [0.717, 1.165) is 6.42 Å². The van der Waals surface area contributed by atoms with Crippen molar-refractivity contribution in [2.45, 2.75) is 19.8 Å². The van der Waals surface area contributed by atoms with Crippen molar-refractivity contribution in [1.29, 1.82) is 0 Å². The molecule has 0 spiro atoms. The van der Waals surface area contributed by atoms with E-state index in [0.29, 0.717) is 17.7 Å². The highest BCUT2D eigenvalue weighted by molar-refractivity contribution is 7.92. The smallest absolute Gasteiger partial charge is 0.234 e. The highest BCUT2D eigenvalue weighted by Crippen LogP contribution is 2.18. The molecule has 0 fully saturated rings. The Kier molecular flexibility index (Phi) is 5.10. The van der Waals surface area contributed by atoms with Crippen molar-refractivity contribution in [2.75, 3.05) is 17.1 Å². The van der Waals surface area contributed by atoms with Crippen LogP contribution in [-0.2, 0) is 10.0 Å². The molecule has 0 aromatic heterocycles. The lowest BCUT2D eigenvalue weighted by atomic mass is 10.2. The van der Waals surface area contributed by atoms with Gasteiger partial charge in [-0.3, -0.25) is 4.31 Å². The molecule has 0 aliphatic heterocycles. The number of hydrogen-bond acceptors (Lipinski definition) is 3. The Morgan fingerprint density at radius 1 is 1.44 bits per heavy atom. The predicted molar refractivity (Wildman–Crippen MR) is 79.4 cm³/mol. The third-order valence-electron chi connectivity index (χ3n) is 2.67. The summed E-state index contributed by atoms with van der Waals surface area (Å²) in [6.45, 7) is 1.96. The number of unbranched alkanes of at least 4 members (excludes halogenated alkanes) is 1. The van der Waals surface area contributed by atoms with Gasteiger partial charge < -0.3 is 5.73 Å². The van der Waals surface area contributed by atoms with Crippen molar-refractivity contribution in [1.82, 2.24) is 0 Å². The standard InChI is InChI=1S/C12H18N2O2S2/c1-3-4-8-18(15,16)14(2)11-7-5-6-10(9-11)12(13)17/h5-7,9H,3-4,8H2,1-2H3,(H2,13,17). The van der Waals surface area contributed by atoms with Gasteiger partial charge in [0, 0.05) is 12.6 Å². The van der Waals surface area contributed by atoms with Crippen LogP contribution in [0.3, 0.4) is 0 Å². The molecule has 0 amide bonds. The zero-order chi connectivity index (χ0) is 13.8. The van der Waals surface area contributed by atoms with Gasteiger partial charge in [-0.05, 0) is 18.6 Å². The van der Waals surface area contributed by atoms with Crippen LogP contribution < -0.4 is 10.0 Å². The summed E-state index contributed by atoms with van der Waals surface area (Å²) in [5.41, 5.74) is 6.78. The Hall–Kier alpha value is -1.14. The Labute approximate surface area is 114 Å². The number of anilines is 1. The van der Waals surface area contributed by atoms with Crippen LogP contribution >= 0.6 is 12.2 Å². The molecule has 100 valence electrons. The van der Waals surface area contributed by atoms with Crippen LogP contribution in [-0.4, -0.2) is 26.2 Å². The van der Waals surface area contributed by atoms with Crippen LogP contribution in [0.4, 0.5) is 5.69 Å². The molecule has 1 aromatic carbocycles. The van der Waals surface area contributed by atoms with Crippen LogP contribution in [0.5, 0.6) is 0 Å². The van der Waals surface area contributed by atoms with Crippen molar-refractivity contribution in [3.63, 3.8) is 0 Å². The molecule has 0 bridgehead atoms. The lowest BCUT2D eigenvalue weighted by Crippen LogP contribution is -2.29. The van der Waals surface area contributed by atoms with Crippen molar-refractivity contribution in [3.05, 3.63) is 29.8 Å². The van der Waals surface area contributed by atoms with Crippen LogP contribution in [0.2, 0.25) is 0 Å². The van der Waals surface area contributed by atoms with E-state index in [1.807, 2.05) is 6.92 Å². The number of thiocarbonyl (C=S) groups is 1. The number of nitrogens with two attached hydrogens (primary N) is 1. The van der Waals surface area contributed by atoms with E-state index in [2.05, 4.69) is 0 Å². The minimum Gasteiger partial charge on any atom is -0.389 e. The molecule has 18 heavy (non-hydrogen) atoms. The average molecular weight is 286 g/mol. The number of sulfonamides is 1. The fourth-order valence-electron chi connectivity index (χ4n) is 1.48. The molecule has 0 saturated heterocycles. The third kappa shape index (κ3) is 3.68. The van der Waals surface area contributed by atoms with Crippen LogP contribution in [0, 0.1) is 0 Å². The molecular weight excluding hydrogens is 268 g/mol.